The van der Waals surface area contributed by atoms with Crippen LogP contribution < -0.4 is 5.32 Å². The number of carbonyl (C=O) groups is 3. The second kappa shape index (κ2) is 8.64. The Kier molecular flexibility index (Phi) is 5.78. The van der Waals surface area contributed by atoms with E-state index in [9.17, 15) is 14.4 Å². The van der Waals surface area contributed by atoms with E-state index in [0.29, 0.717) is 31.9 Å². The molecule has 1 aliphatic heterocycles. The van der Waals surface area contributed by atoms with Gasteiger partial charge in [0.15, 0.2) is 5.76 Å². The average molecular weight is 411 g/mol. The molecule has 9 heteroatoms. The van der Waals surface area contributed by atoms with Crippen LogP contribution in [0.5, 0.6) is 0 Å². The molecule has 4 rings (SSSR count). The van der Waals surface area contributed by atoms with Crippen LogP contribution in [0.25, 0.3) is 0 Å². The molecule has 0 spiro atoms. The Hall–Kier alpha value is -3.23. The van der Waals surface area contributed by atoms with Crippen LogP contribution in [0.15, 0.2) is 35.2 Å². The van der Waals surface area contributed by atoms with E-state index in [4.69, 9.17) is 4.42 Å². The first-order chi connectivity index (χ1) is 14.5. The first-order valence-corrected chi connectivity index (χ1v) is 10.2. The fourth-order valence-electron chi connectivity index (χ4n) is 4.10. The number of nitrogens with one attached hydrogen (secondary N) is 1. The molecule has 3 heterocycles. The van der Waals surface area contributed by atoms with Gasteiger partial charge in [-0.3, -0.25) is 19.4 Å². The van der Waals surface area contributed by atoms with E-state index in [-0.39, 0.29) is 35.4 Å². The zero-order chi connectivity index (χ0) is 21.1. The summed E-state index contributed by atoms with van der Waals surface area (Å²) in [5.74, 6) is -0.358. The molecule has 0 unspecified atom stereocenters. The maximum absolute atomic E-state index is 13.1. The minimum Gasteiger partial charge on any atom is -0.459 e. The third-order valence-electron chi connectivity index (χ3n) is 5.77. The Labute approximate surface area is 174 Å². The summed E-state index contributed by atoms with van der Waals surface area (Å²) in [5.41, 5.74) is 0.994. The van der Waals surface area contributed by atoms with Crippen molar-refractivity contribution in [1.82, 2.24) is 25.1 Å². The number of hydrogen-bond acceptors (Lipinski definition) is 6. The summed E-state index contributed by atoms with van der Waals surface area (Å²) < 4.78 is 5.18. The van der Waals surface area contributed by atoms with E-state index in [1.165, 1.54) is 12.5 Å². The van der Waals surface area contributed by atoms with Crippen molar-refractivity contribution in [3.63, 3.8) is 0 Å². The second-order valence-electron chi connectivity index (χ2n) is 7.76. The molecule has 1 N–H and O–H groups in total. The van der Waals surface area contributed by atoms with Gasteiger partial charge in [-0.15, -0.1) is 0 Å². The molecule has 2 aromatic rings. The number of furan rings is 1. The summed E-state index contributed by atoms with van der Waals surface area (Å²) in [6.07, 6.45) is 6.87. The third kappa shape index (κ3) is 4.19. The van der Waals surface area contributed by atoms with E-state index >= 15 is 0 Å². The Morgan fingerprint density at radius 2 is 1.83 bits per heavy atom. The van der Waals surface area contributed by atoms with E-state index in [1.807, 2.05) is 6.92 Å². The lowest BCUT2D eigenvalue weighted by Crippen LogP contribution is -2.53. The SMILES string of the molecule is Cc1cnc(C(=O)N[C@@H]2CCC[C@@H]2C(=O)N2CCN(C(=O)c3ccco3)CC2)cn1. The molecule has 158 valence electrons. The van der Waals surface area contributed by atoms with Gasteiger partial charge in [0.05, 0.1) is 24.1 Å². The highest BCUT2D eigenvalue weighted by molar-refractivity contribution is 5.93. The van der Waals surface area contributed by atoms with Crippen molar-refractivity contribution < 1.29 is 18.8 Å². The lowest BCUT2D eigenvalue weighted by molar-refractivity contribution is -0.137. The molecule has 2 aromatic heterocycles. The summed E-state index contributed by atoms with van der Waals surface area (Å²) >= 11 is 0. The summed E-state index contributed by atoms with van der Waals surface area (Å²) in [5, 5.41) is 2.96. The third-order valence-corrected chi connectivity index (χ3v) is 5.77. The van der Waals surface area contributed by atoms with Crippen LogP contribution in [0.2, 0.25) is 0 Å². The number of aromatic nitrogens is 2. The number of rotatable bonds is 4. The quantitative estimate of drug-likeness (QED) is 0.811. The fourth-order valence-corrected chi connectivity index (χ4v) is 4.10. The topological polar surface area (TPSA) is 109 Å². The summed E-state index contributed by atoms with van der Waals surface area (Å²) in [6.45, 7) is 3.70. The Balaban J connectivity index is 1.33. The van der Waals surface area contributed by atoms with Gasteiger partial charge in [0.25, 0.3) is 11.8 Å². The molecule has 30 heavy (non-hydrogen) atoms. The van der Waals surface area contributed by atoms with Gasteiger partial charge in [0.1, 0.15) is 5.69 Å². The normalized spacial score (nSPS) is 21.5. The van der Waals surface area contributed by atoms with Gasteiger partial charge >= 0.3 is 0 Å². The molecular weight excluding hydrogens is 386 g/mol. The highest BCUT2D eigenvalue weighted by atomic mass is 16.3. The number of carbonyl (C=O) groups excluding carboxylic acids is 3. The molecule has 2 aliphatic rings. The first-order valence-electron chi connectivity index (χ1n) is 10.2. The standard InChI is InChI=1S/C21H25N5O4/c1-14-12-23-17(13-22-14)19(27)24-16-5-2-4-15(16)20(28)25-7-9-26(10-8-25)21(29)18-6-3-11-30-18/h3,6,11-13,15-16H,2,4-5,7-10H2,1H3,(H,24,27)/t15-,16+/m0/s1. The van der Waals surface area contributed by atoms with Crippen LogP contribution >= 0.6 is 0 Å². The fraction of sp³-hybridized carbons (Fsp3) is 0.476. The molecule has 9 nitrogen and oxygen atoms in total. The molecule has 1 saturated carbocycles. The Morgan fingerprint density at radius 3 is 2.50 bits per heavy atom. The van der Waals surface area contributed by atoms with E-state index in [2.05, 4.69) is 15.3 Å². The maximum Gasteiger partial charge on any atom is 0.289 e. The van der Waals surface area contributed by atoms with Crippen molar-refractivity contribution in [2.24, 2.45) is 5.92 Å². The van der Waals surface area contributed by atoms with Crippen molar-refractivity contribution in [1.29, 1.82) is 0 Å². The molecule has 0 aromatic carbocycles. The largest absolute Gasteiger partial charge is 0.459 e. The van der Waals surface area contributed by atoms with Crippen molar-refractivity contribution in [3.05, 3.63) is 47.9 Å². The maximum atomic E-state index is 13.1. The minimum atomic E-state index is -0.305. The van der Waals surface area contributed by atoms with E-state index < -0.39 is 0 Å². The Bertz CT molecular complexity index is 904. The lowest BCUT2D eigenvalue weighted by atomic mass is 10.0. The lowest BCUT2D eigenvalue weighted by Gasteiger charge is -2.36. The van der Waals surface area contributed by atoms with Crippen LogP contribution in [0.4, 0.5) is 0 Å². The molecule has 1 aliphatic carbocycles. The first kappa shape index (κ1) is 20.1. The summed E-state index contributed by atoms with van der Waals surface area (Å²) in [7, 11) is 0. The summed E-state index contributed by atoms with van der Waals surface area (Å²) in [4.78, 5) is 49.7. The highest BCUT2D eigenvalue weighted by Crippen LogP contribution is 2.28. The van der Waals surface area contributed by atoms with Gasteiger partial charge in [-0.2, -0.15) is 0 Å². The minimum absolute atomic E-state index is 0.0397. The predicted molar refractivity (Wildman–Crippen MR) is 107 cm³/mol. The molecule has 1 saturated heterocycles. The van der Waals surface area contributed by atoms with Gasteiger partial charge in [0.2, 0.25) is 5.91 Å². The van der Waals surface area contributed by atoms with Gasteiger partial charge in [0, 0.05) is 38.4 Å². The van der Waals surface area contributed by atoms with Crippen LogP contribution in [-0.4, -0.2) is 69.7 Å². The summed E-state index contributed by atoms with van der Waals surface area (Å²) in [6, 6.07) is 3.12. The molecule has 0 radical (unpaired) electrons. The number of piperazine rings is 1. The van der Waals surface area contributed by atoms with Gasteiger partial charge in [-0.25, -0.2) is 4.98 Å². The average Bonchev–Trinajstić information content (AvgIpc) is 3.46. The van der Waals surface area contributed by atoms with Crippen LogP contribution in [0.1, 0.15) is 46.0 Å². The van der Waals surface area contributed by atoms with Gasteiger partial charge in [-0.05, 0) is 31.9 Å². The van der Waals surface area contributed by atoms with E-state index in [0.717, 1.165) is 25.0 Å². The van der Waals surface area contributed by atoms with Crippen molar-refractivity contribution in [2.45, 2.75) is 32.2 Å². The number of nitrogens with zero attached hydrogens (tertiary/aromatic N) is 4. The highest BCUT2D eigenvalue weighted by Gasteiger charge is 2.38. The van der Waals surface area contributed by atoms with E-state index in [1.54, 1.807) is 28.1 Å². The second-order valence-corrected chi connectivity index (χ2v) is 7.76. The molecule has 3 amide bonds. The van der Waals surface area contributed by atoms with Crippen molar-refractivity contribution in [2.75, 3.05) is 26.2 Å². The predicted octanol–water partition coefficient (Wildman–Crippen LogP) is 1.26. The molecule has 0 bridgehead atoms. The molecule has 2 atom stereocenters. The Morgan fingerprint density at radius 1 is 1.07 bits per heavy atom. The van der Waals surface area contributed by atoms with Crippen LogP contribution in [0, 0.1) is 12.8 Å². The zero-order valence-electron chi connectivity index (χ0n) is 16.9. The smallest absolute Gasteiger partial charge is 0.289 e. The van der Waals surface area contributed by atoms with Gasteiger partial charge < -0.3 is 19.5 Å². The monoisotopic (exact) mass is 411 g/mol. The zero-order valence-corrected chi connectivity index (χ0v) is 16.9. The number of hydrogen-bond donors (Lipinski definition) is 1. The van der Waals surface area contributed by atoms with Crippen molar-refractivity contribution in [3.8, 4) is 0 Å². The van der Waals surface area contributed by atoms with Crippen LogP contribution in [0.3, 0.4) is 0 Å². The molecular formula is C21H25N5O4. The van der Waals surface area contributed by atoms with Crippen LogP contribution in [-0.2, 0) is 4.79 Å². The van der Waals surface area contributed by atoms with Gasteiger partial charge in [-0.1, -0.05) is 6.42 Å². The molecule has 2 fully saturated rings. The number of aryl methyl sites for hydroxylation is 1. The number of amides is 3. The van der Waals surface area contributed by atoms with Crippen molar-refractivity contribution >= 4 is 17.7 Å².